The average Bonchev–Trinajstić information content (AvgIpc) is 2.72. The molecule has 0 bridgehead atoms. The van der Waals surface area contributed by atoms with Crippen LogP contribution < -0.4 is 11.5 Å². The molecule has 0 aliphatic heterocycles. The van der Waals surface area contributed by atoms with Crippen molar-refractivity contribution in [1.29, 1.82) is 0 Å². The highest BCUT2D eigenvalue weighted by atomic mass is 15.5. The van der Waals surface area contributed by atoms with Crippen LogP contribution in [0.1, 0.15) is 27.2 Å². The van der Waals surface area contributed by atoms with Crippen molar-refractivity contribution >= 4 is 11.4 Å². The van der Waals surface area contributed by atoms with Gasteiger partial charge in [-0.15, -0.1) is 5.10 Å². The zero-order valence-corrected chi connectivity index (χ0v) is 11.6. The lowest BCUT2D eigenvalue weighted by molar-refractivity contribution is 0.340. The highest BCUT2D eigenvalue weighted by Gasteiger charge is 2.14. The fourth-order valence-corrected chi connectivity index (χ4v) is 1.81. The molecule has 0 amide bonds. The number of anilines is 2. The predicted molar refractivity (Wildman–Crippen MR) is 76.1 cm³/mol. The maximum absolute atomic E-state index is 5.80. The van der Waals surface area contributed by atoms with Crippen LogP contribution in [0.5, 0.6) is 0 Å². The summed E-state index contributed by atoms with van der Waals surface area (Å²) in [6, 6.07) is 5.37. The van der Waals surface area contributed by atoms with Gasteiger partial charge in [-0.1, -0.05) is 20.8 Å². The van der Waals surface area contributed by atoms with Gasteiger partial charge in [0.05, 0.1) is 0 Å². The van der Waals surface area contributed by atoms with Gasteiger partial charge in [0.25, 0.3) is 0 Å². The Balaban J connectivity index is 2.28. The van der Waals surface area contributed by atoms with Gasteiger partial charge >= 0.3 is 0 Å². The number of nitrogens with two attached hydrogens (primary N) is 2. The lowest BCUT2D eigenvalue weighted by Crippen LogP contribution is -2.12. The minimum absolute atomic E-state index is 0.234. The van der Waals surface area contributed by atoms with Crippen LogP contribution in [0.15, 0.2) is 18.2 Å². The summed E-state index contributed by atoms with van der Waals surface area (Å²) in [5, 5.41) is 11.8. The summed E-state index contributed by atoms with van der Waals surface area (Å²) in [5.41, 5.74) is 13.9. The van der Waals surface area contributed by atoms with Gasteiger partial charge in [0.2, 0.25) is 0 Å². The second-order valence-electron chi connectivity index (χ2n) is 5.92. The van der Waals surface area contributed by atoms with Crippen molar-refractivity contribution < 1.29 is 0 Å². The molecule has 1 heterocycles. The maximum atomic E-state index is 5.80. The quantitative estimate of drug-likeness (QED) is 0.822. The molecule has 4 N–H and O–H groups in total. The Kier molecular flexibility index (Phi) is 3.42. The lowest BCUT2D eigenvalue weighted by atomic mass is 9.92. The largest absolute Gasteiger partial charge is 0.399 e. The topological polar surface area (TPSA) is 95.6 Å². The van der Waals surface area contributed by atoms with E-state index in [1.54, 1.807) is 10.7 Å². The average molecular weight is 260 g/mol. The summed E-state index contributed by atoms with van der Waals surface area (Å²) in [6.07, 6.45) is 0.989. The Morgan fingerprint density at radius 2 is 1.74 bits per heavy atom. The van der Waals surface area contributed by atoms with E-state index in [1.165, 1.54) is 0 Å². The molecule has 1 aromatic carbocycles. The summed E-state index contributed by atoms with van der Waals surface area (Å²) in [7, 11) is 0. The van der Waals surface area contributed by atoms with Crippen LogP contribution in [0.2, 0.25) is 0 Å². The molecule has 6 nitrogen and oxygen atoms in total. The molecule has 2 rings (SSSR count). The van der Waals surface area contributed by atoms with E-state index >= 15 is 0 Å². The number of rotatable bonds is 3. The molecule has 19 heavy (non-hydrogen) atoms. The number of tetrazole rings is 1. The van der Waals surface area contributed by atoms with E-state index in [1.807, 2.05) is 12.1 Å². The first-order valence-corrected chi connectivity index (χ1v) is 6.28. The standard InChI is InChI=1S/C13H20N6/c1-13(2,3)4-5-19-12(16-17-18-19)9-6-10(14)8-11(15)7-9/h6-8H,4-5,14-15H2,1-3H3. The number of hydrogen-bond acceptors (Lipinski definition) is 5. The van der Waals surface area contributed by atoms with Crippen LogP contribution in [0.4, 0.5) is 11.4 Å². The fourth-order valence-electron chi connectivity index (χ4n) is 1.81. The molecule has 0 radical (unpaired) electrons. The highest BCUT2D eigenvalue weighted by molar-refractivity contribution is 5.67. The fraction of sp³-hybridized carbons (Fsp3) is 0.462. The third kappa shape index (κ3) is 3.43. The second-order valence-corrected chi connectivity index (χ2v) is 5.92. The molecule has 6 heteroatoms. The third-order valence-electron chi connectivity index (χ3n) is 2.84. The minimum atomic E-state index is 0.234. The zero-order valence-electron chi connectivity index (χ0n) is 11.6. The first kappa shape index (κ1) is 13.3. The number of aromatic nitrogens is 4. The van der Waals surface area contributed by atoms with Gasteiger partial charge in [0, 0.05) is 23.5 Å². The van der Waals surface area contributed by atoms with Crippen molar-refractivity contribution in [3.8, 4) is 11.4 Å². The lowest BCUT2D eigenvalue weighted by Gasteiger charge is -2.17. The number of aryl methyl sites for hydroxylation is 1. The maximum Gasteiger partial charge on any atom is 0.182 e. The Labute approximate surface area is 112 Å². The smallest absolute Gasteiger partial charge is 0.182 e. The predicted octanol–water partition coefficient (Wildman–Crippen LogP) is 1.94. The normalized spacial score (nSPS) is 11.7. The van der Waals surface area contributed by atoms with E-state index < -0.39 is 0 Å². The first-order valence-electron chi connectivity index (χ1n) is 6.28. The van der Waals surface area contributed by atoms with Gasteiger partial charge in [-0.25, -0.2) is 4.68 Å². The van der Waals surface area contributed by atoms with Crippen molar-refractivity contribution in [1.82, 2.24) is 20.2 Å². The third-order valence-corrected chi connectivity index (χ3v) is 2.84. The molecule has 0 aliphatic rings. The number of nitrogen functional groups attached to an aromatic ring is 2. The van der Waals surface area contributed by atoms with Crippen LogP contribution in [-0.2, 0) is 6.54 Å². The van der Waals surface area contributed by atoms with Gasteiger partial charge in [0.15, 0.2) is 5.82 Å². The molecule has 0 saturated carbocycles. The summed E-state index contributed by atoms with van der Waals surface area (Å²) in [6.45, 7) is 7.33. The van der Waals surface area contributed by atoms with Gasteiger partial charge < -0.3 is 11.5 Å². The summed E-state index contributed by atoms with van der Waals surface area (Å²) in [5.74, 6) is 0.697. The van der Waals surface area contributed by atoms with Crippen molar-refractivity contribution in [2.75, 3.05) is 11.5 Å². The zero-order chi connectivity index (χ0) is 14.0. The Bertz CT molecular complexity index is 547. The first-order chi connectivity index (χ1) is 8.85. The molecule has 0 unspecified atom stereocenters. The van der Waals surface area contributed by atoms with E-state index in [2.05, 4.69) is 36.3 Å². The number of benzene rings is 1. The van der Waals surface area contributed by atoms with E-state index in [-0.39, 0.29) is 5.41 Å². The molecule has 0 saturated heterocycles. The van der Waals surface area contributed by atoms with E-state index in [0.717, 1.165) is 18.5 Å². The molecule has 0 fully saturated rings. The van der Waals surface area contributed by atoms with Gasteiger partial charge in [-0.2, -0.15) is 0 Å². The SMILES string of the molecule is CC(C)(C)CCn1nnnc1-c1cc(N)cc(N)c1. The summed E-state index contributed by atoms with van der Waals surface area (Å²) in [4.78, 5) is 0. The molecular formula is C13H20N6. The van der Waals surface area contributed by atoms with Crippen LogP contribution in [0, 0.1) is 5.41 Å². The molecule has 2 aromatic rings. The van der Waals surface area contributed by atoms with E-state index in [4.69, 9.17) is 11.5 Å². The van der Waals surface area contributed by atoms with Crippen LogP contribution in [0.3, 0.4) is 0 Å². The van der Waals surface area contributed by atoms with Gasteiger partial charge in [-0.05, 0) is 40.5 Å². The second kappa shape index (κ2) is 4.87. The Morgan fingerprint density at radius 3 is 2.32 bits per heavy atom. The van der Waals surface area contributed by atoms with Crippen molar-refractivity contribution in [3.05, 3.63) is 18.2 Å². The molecular weight excluding hydrogens is 240 g/mol. The molecule has 0 aliphatic carbocycles. The number of hydrogen-bond donors (Lipinski definition) is 2. The molecule has 102 valence electrons. The van der Waals surface area contributed by atoms with Gasteiger partial charge in [-0.3, -0.25) is 0 Å². The highest BCUT2D eigenvalue weighted by Crippen LogP contribution is 2.24. The van der Waals surface area contributed by atoms with E-state index in [9.17, 15) is 0 Å². The summed E-state index contributed by atoms with van der Waals surface area (Å²) >= 11 is 0. The van der Waals surface area contributed by atoms with Crippen LogP contribution in [-0.4, -0.2) is 20.2 Å². The monoisotopic (exact) mass is 260 g/mol. The Morgan fingerprint density at radius 1 is 1.11 bits per heavy atom. The van der Waals surface area contributed by atoms with Crippen LogP contribution in [0.25, 0.3) is 11.4 Å². The van der Waals surface area contributed by atoms with Gasteiger partial charge in [0.1, 0.15) is 0 Å². The molecule has 1 aromatic heterocycles. The summed E-state index contributed by atoms with van der Waals surface area (Å²) < 4.78 is 1.79. The van der Waals surface area contributed by atoms with Crippen LogP contribution >= 0.6 is 0 Å². The van der Waals surface area contributed by atoms with Crippen molar-refractivity contribution in [2.24, 2.45) is 5.41 Å². The van der Waals surface area contributed by atoms with E-state index in [0.29, 0.717) is 17.2 Å². The van der Waals surface area contributed by atoms with Crippen molar-refractivity contribution in [3.63, 3.8) is 0 Å². The van der Waals surface area contributed by atoms with Crippen molar-refractivity contribution in [2.45, 2.75) is 33.7 Å². The molecule has 0 atom stereocenters. The Hall–Kier alpha value is -2.11. The minimum Gasteiger partial charge on any atom is -0.399 e. The number of nitrogens with zero attached hydrogens (tertiary/aromatic N) is 4. The molecule has 0 spiro atoms.